The Balaban J connectivity index is 2.39. The van der Waals surface area contributed by atoms with Crippen LogP contribution in [0.3, 0.4) is 0 Å². The Bertz CT molecular complexity index is 346. The van der Waals surface area contributed by atoms with E-state index in [0.717, 1.165) is 31.4 Å². The van der Waals surface area contributed by atoms with Crippen LogP contribution in [-0.4, -0.2) is 15.9 Å². The van der Waals surface area contributed by atoms with E-state index in [9.17, 15) is 4.79 Å². The number of nitrogens with one attached hydrogen (secondary N) is 1. The van der Waals surface area contributed by atoms with Gasteiger partial charge in [-0.05, 0) is 12.8 Å². The minimum Gasteiger partial charge on any atom is -0.293 e. The van der Waals surface area contributed by atoms with E-state index < -0.39 is 5.41 Å². The Morgan fingerprint density at radius 3 is 2.67 bits per heavy atom. The number of nitrogens with zero attached hydrogens (tertiary/aromatic N) is 2. The molecule has 0 atom stereocenters. The van der Waals surface area contributed by atoms with Gasteiger partial charge in [0.05, 0.1) is 11.1 Å². The van der Waals surface area contributed by atoms with Crippen molar-refractivity contribution in [1.82, 2.24) is 15.4 Å². The van der Waals surface area contributed by atoms with Crippen LogP contribution in [0, 0.1) is 0 Å². The molecule has 1 aromatic heterocycles. The number of aromatic nitrogens is 2. The van der Waals surface area contributed by atoms with Gasteiger partial charge in [0.25, 0.3) is 0 Å². The quantitative estimate of drug-likeness (QED) is 0.413. The number of amides is 1. The summed E-state index contributed by atoms with van der Waals surface area (Å²) in [5, 5.41) is 0. The SMILES string of the molecule is NNC(=O)C1(c2cnccn2)CCCC1. The Labute approximate surface area is 88.1 Å². The van der Waals surface area contributed by atoms with E-state index >= 15 is 0 Å². The molecule has 15 heavy (non-hydrogen) atoms. The summed E-state index contributed by atoms with van der Waals surface area (Å²) in [6, 6.07) is 0. The molecule has 0 spiro atoms. The van der Waals surface area contributed by atoms with Crippen molar-refractivity contribution in [2.75, 3.05) is 0 Å². The standard InChI is InChI=1S/C10H14N4O/c11-14-9(15)10(3-1-2-4-10)8-7-12-5-6-13-8/h5-7H,1-4,11H2,(H,14,15). The van der Waals surface area contributed by atoms with Crippen molar-refractivity contribution >= 4 is 5.91 Å². The number of rotatable bonds is 2. The first kappa shape index (κ1) is 10.0. The average molecular weight is 206 g/mol. The van der Waals surface area contributed by atoms with Crippen LogP contribution in [0.4, 0.5) is 0 Å². The fraction of sp³-hybridized carbons (Fsp3) is 0.500. The molecule has 2 rings (SSSR count). The second-order valence-corrected chi connectivity index (χ2v) is 3.85. The first-order chi connectivity index (χ1) is 7.29. The summed E-state index contributed by atoms with van der Waals surface area (Å²) in [6.45, 7) is 0. The van der Waals surface area contributed by atoms with Gasteiger partial charge >= 0.3 is 0 Å². The molecule has 1 aromatic rings. The molecule has 3 N–H and O–H groups in total. The van der Waals surface area contributed by atoms with E-state index in [2.05, 4.69) is 15.4 Å². The van der Waals surface area contributed by atoms with Crippen molar-refractivity contribution in [3.63, 3.8) is 0 Å². The monoisotopic (exact) mass is 206 g/mol. The zero-order valence-electron chi connectivity index (χ0n) is 8.44. The van der Waals surface area contributed by atoms with Crippen LogP contribution < -0.4 is 11.3 Å². The van der Waals surface area contributed by atoms with E-state index in [1.54, 1.807) is 18.6 Å². The van der Waals surface area contributed by atoms with Gasteiger partial charge in [-0.1, -0.05) is 12.8 Å². The number of nitrogens with two attached hydrogens (primary N) is 1. The van der Waals surface area contributed by atoms with Crippen molar-refractivity contribution in [3.8, 4) is 0 Å². The number of carbonyl (C=O) groups excluding carboxylic acids is 1. The Morgan fingerprint density at radius 2 is 2.13 bits per heavy atom. The maximum atomic E-state index is 11.8. The molecule has 5 heteroatoms. The summed E-state index contributed by atoms with van der Waals surface area (Å²) < 4.78 is 0. The summed E-state index contributed by atoms with van der Waals surface area (Å²) >= 11 is 0. The number of hydrogen-bond acceptors (Lipinski definition) is 4. The van der Waals surface area contributed by atoms with Crippen LogP contribution in [0.15, 0.2) is 18.6 Å². The molecule has 1 heterocycles. The van der Waals surface area contributed by atoms with Crippen molar-refractivity contribution in [2.24, 2.45) is 5.84 Å². The number of carbonyl (C=O) groups is 1. The van der Waals surface area contributed by atoms with Crippen LogP contribution in [0.25, 0.3) is 0 Å². The minimum atomic E-state index is -0.553. The minimum absolute atomic E-state index is 0.152. The number of hydrogen-bond donors (Lipinski definition) is 2. The number of hydrazine groups is 1. The summed E-state index contributed by atoms with van der Waals surface area (Å²) in [5.41, 5.74) is 2.41. The molecule has 0 saturated heterocycles. The lowest BCUT2D eigenvalue weighted by Gasteiger charge is -2.25. The maximum Gasteiger partial charge on any atom is 0.246 e. The Morgan fingerprint density at radius 1 is 1.40 bits per heavy atom. The largest absolute Gasteiger partial charge is 0.293 e. The second-order valence-electron chi connectivity index (χ2n) is 3.85. The molecule has 0 aliphatic heterocycles. The predicted molar refractivity (Wildman–Crippen MR) is 54.5 cm³/mol. The van der Waals surface area contributed by atoms with Crippen LogP contribution >= 0.6 is 0 Å². The van der Waals surface area contributed by atoms with Crippen molar-refractivity contribution in [3.05, 3.63) is 24.3 Å². The summed E-state index contributed by atoms with van der Waals surface area (Å²) in [6.07, 6.45) is 8.53. The van der Waals surface area contributed by atoms with E-state index in [-0.39, 0.29) is 5.91 Å². The van der Waals surface area contributed by atoms with Gasteiger partial charge in [-0.15, -0.1) is 0 Å². The maximum absolute atomic E-state index is 11.8. The van der Waals surface area contributed by atoms with Crippen LogP contribution in [0.5, 0.6) is 0 Å². The lowest BCUT2D eigenvalue weighted by atomic mass is 9.82. The third-order valence-electron chi connectivity index (χ3n) is 3.08. The van der Waals surface area contributed by atoms with Crippen LogP contribution in [0.1, 0.15) is 31.4 Å². The van der Waals surface area contributed by atoms with Crippen molar-refractivity contribution < 1.29 is 4.79 Å². The third kappa shape index (κ3) is 1.59. The van der Waals surface area contributed by atoms with E-state index in [0.29, 0.717) is 0 Å². The van der Waals surface area contributed by atoms with Gasteiger partial charge in [0, 0.05) is 18.6 Å². The zero-order valence-corrected chi connectivity index (χ0v) is 8.44. The molecule has 1 fully saturated rings. The average Bonchev–Trinajstić information content (AvgIpc) is 2.79. The van der Waals surface area contributed by atoms with Crippen LogP contribution in [-0.2, 0) is 10.2 Å². The highest BCUT2D eigenvalue weighted by Crippen LogP contribution is 2.39. The van der Waals surface area contributed by atoms with Crippen molar-refractivity contribution in [1.29, 1.82) is 0 Å². The molecule has 0 aromatic carbocycles. The highest BCUT2D eigenvalue weighted by Gasteiger charge is 2.43. The Hall–Kier alpha value is -1.49. The molecule has 0 radical (unpaired) electrons. The van der Waals surface area contributed by atoms with Gasteiger partial charge in [-0.2, -0.15) is 0 Å². The normalized spacial score (nSPS) is 18.7. The van der Waals surface area contributed by atoms with Crippen LogP contribution in [0.2, 0.25) is 0 Å². The fourth-order valence-corrected chi connectivity index (χ4v) is 2.26. The van der Waals surface area contributed by atoms with Gasteiger partial charge in [0.1, 0.15) is 0 Å². The van der Waals surface area contributed by atoms with Crippen molar-refractivity contribution in [2.45, 2.75) is 31.1 Å². The molecular weight excluding hydrogens is 192 g/mol. The summed E-state index contributed by atoms with van der Waals surface area (Å²) in [4.78, 5) is 20.1. The van der Waals surface area contributed by atoms with Gasteiger partial charge in [-0.25, -0.2) is 5.84 Å². The van der Waals surface area contributed by atoms with Gasteiger partial charge in [-0.3, -0.25) is 20.2 Å². The Kier molecular flexibility index (Phi) is 2.64. The molecule has 80 valence electrons. The molecule has 1 amide bonds. The van der Waals surface area contributed by atoms with Gasteiger partial charge in [0.2, 0.25) is 5.91 Å². The second kappa shape index (κ2) is 3.94. The fourth-order valence-electron chi connectivity index (χ4n) is 2.26. The smallest absolute Gasteiger partial charge is 0.246 e. The highest BCUT2D eigenvalue weighted by molar-refractivity contribution is 5.87. The lowest BCUT2D eigenvalue weighted by molar-refractivity contribution is -0.126. The van der Waals surface area contributed by atoms with E-state index in [1.807, 2.05) is 0 Å². The van der Waals surface area contributed by atoms with E-state index in [4.69, 9.17) is 5.84 Å². The molecule has 0 unspecified atom stereocenters. The highest BCUT2D eigenvalue weighted by atomic mass is 16.2. The summed E-state index contributed by atoms with van der Waals surface area (Å²) in [5.74, 6) is 5.07. The molecule has 1 saturated carbocycles. The zero-order chi connectivity index (χ0) is 10.7. The summed E-state index contributed by atoms with van der Waals surface area (Å²) in [7, 11) is 0. The molecule has 1 aliphatic carbocycles. The molecule has 5 nitrogen and oxygen atoms in total. The van der Waals surface area contributed by atoms with Gasteiger partial charge < -0.3 is 0 Å². The van der Waals surface area contributed by atoms with Gasteiger partial charge in [0.15, 0.2) is 0 Å². The van der Waals surface area contributed by atoms with E-state index in [1.165, 1.54) is 0 Å². The molecule has 1 aliphatic rings. The molecular formula is C10H14N4O. The first-order valence-corrected chi connectivity index (χ1v) is 5.07. The third-order valence-corrected chi connectivity index (χ3v) is 3.08. The predicted octanol–water partition coefficient (Wildman–Crippen LogP) is 0.278. The first-order valence-electron chi connectivity index (χ1n) is 5.07. The lowest BCUT2D eigenvalue weighted by Crippen LogP contribution is -2.46. The topological polar surface area (TPSA) is 80.9 Å². The molecule has 0 bridgehead atoms.